The van der Waals surface area contributed by atoms with E-state index in [0.717, 1.165) is 31.4 Å². The van der Waals surface area contributed by atoms with E-state index in [-0.39, 0.29) is 36.0 Å². The number of rotatable bonds is 5. The van der Waals surface area contributed by atoms with Crippen molar-refractivity contribution in [2.24, 2.45) is 10.8 Å². The molecule has 5 nitrogen and oxygen atoms in total. The van der Waals surface area contributed by atoms with Gasteiger partial charge in [-0.25, -0.2) is 4.79 Å². The Morgan fingerprint density at radius 1 is 1.22 bits per heavy atom. The lowest BCUT2D eigenvalue weighted by atomic mass is 9.65. The molecule has 1 aliphatic carbocycles. The molecule has 1 aromatic carbocycles. The van der Waals surface area contributed by atoms with E-state index in [2.05, 4.69) is 20.8 Å². The van der Waals surface area contributed by atoms with Crippen LogP contribution in [-0.2, 0) is 14.3 Å². The van der Waals surface area contributed by atoms with Gasteiger partial charge in [-0.05, 0) is 60.8 Å². The van der Waals surface area contributed by atoms with Gasteiger partial charge in [-0.2, -0.15) is 0 Å². The van der Waals surface area contributed by atoms with Gasteiger partial charge in [0.15, 0.2) is 13.2 Å². The van der Waals surface area contributed by atoms with Crippen LogP contribution in [0.5, 0.6) is 5.75 Å². The number of benzene rings is 1. The van der Waals surface area contributed by atoms with Crippen LogP contribution in [0.25, 0.3) is 0 Å². The predicted octanol–water partition coefficient (Wildman–Crippen LogP) is 4.00. The van der Waals surface area contributed by atoms with Crippen LogP contribution in [-0.4, -0.2) is 42.6 Å². The number of ether oxygens (including phenoxy) is 2. The Hall–Kier alpha value is -1.75. The minimum Gasteiger partial charge on any atom is -0.482 e. The van der Waals surface area contributed by atoms with Gasteiger partial charge in [0.25, 0.3) is 5.91 Å². The first-order chi connectivity index (χ1) is 12.6. The maximum absolute atomic E-state index is 12.6. The third kappa shape index (κ3) is 4.75. The molecule has 1 aliphatic heterocycles. The standard InChI is InChI=1S/C21H28ClNO4/c1-14-7-16(5-6-17(14)22)26-11-19(25)27-10-18(24)23-13-21(4)9-15(23)8-20(2,3)12-21/h5-7,15H,8-13H2,1-4H3/t15-,21-/m0/s1. The summed E-state index contributed by atoms with van der Waals surface area (Å²) in [6, 6.07) is 5.42. The molecule has 2 atom stereocenters. The summed E-state index contributed by atoms with van der Waals surface area (Å²) in [7, 11) is 0. The second kappa shape index (κ2) is 7.34. The molecule has 1 saturated carbocycles. The molecule has 2 aliphatic rings. The van der Waals surface area contributed by atoms with E-state index in [1.807, 2.05) is 11.8 Å². The predicted molar refractivity (Wildman–Crippen MR) is 104 cm³/mol. The number of hydrogen-bond donors (Lipinski definition) is 0. The SMILES string of the molecule is Cc1cc(OCC(=O)OCC(=O)N2C[C@@]3(C)C[C@@H]2CC(C)(C)C3)ccc1Cl. The quantitative estimate of drug-likeness (QED) is 0.709. The zero-order valence-electron chi connectivity index (χ0n) is 16.5. The molecule has 2 bridgehead atoms. The first-order valence-electron chi connectivity index (χ1n) is 9.41. The highest BCUT2D eigenvalue weighted by molar-refractivity contribution is 6.31. The van der Waals surface area contributed by atoms with Crippen molar-refractivity contribution in [3.05, 3.63) is 28.8 Å². The molecule has 2 fully saturated rings. The summed E-state index contributed by atoms with van der Waals surface area (Å²) in [5.41, 5.74) is 1.28. The fraction of sp³-hybridized carbons (Fsp3) is 0.619. The Balaban J connectivity index is 1.48. The van der Waals surface area contributed by atoms with Crippen molar-refractivity contribution >= 4 is 23.5 Å². The van der Waals surface area contributed by atoms with Crippen molar-refractivity contribution in [2.75, 3.05) is 19.8 Å². The van der Waals surface area contributed by atoms with Crippen LogP contribution in [0.3, 0.4) is 0 Å². The van der Waals surface area contributed by atoms with E-state index >= 15 is 0 Å². The zero-order chi connectivity index (χ0) is 19.8. The molecular weight excluding hydrogens is 366 g/mol. The van der Waals surface area contributed by atoms with Crippen molar-refractivity contribution in [3.63, 3.8) is 0 Å². The molecule has 27 heavy (non-hydrogen) atoms. The molecule has 148 valence electrons. The number of carbonyl (C=O) groups excluding carboxylic acids is 2. The number of esters is 1. The summed E-state index contributed by atoms with van der Waals surface area (Å²) < 4.78 is 10.6. The third-order valence-corrected chi connectivity index (χ3v) is 6.00. The molecule has 0 N–H and O–H groups in total. The summed E-state index contributed by atoms with van der Waals surface area (Å²) >= 11 is 5.97. The molecule has 6 heteroatoms. The van der Waals surface area contributed by atoms with E-state index in [0.29, 0.717) is 10.8 Å². The number of amides is 1. The third-order valence-electron chi connectivity index (χ3n) is 5.58. The number of halogens is 1. The Morgan fingerprint density at radius 3 is 2.67 bits per heavy atom. The van der Waals surface area contributed by atoms with Gasteiger partial charge in [-0.1, -0.05) is 32.4 Å². The molecule has 3 rings (SSSR count). The van der Waals surface area contributed by atoms with Gasteiger partial charge in [0.1, 0.15) is 5.75 Å². The minimum absolute atomic E-state index is 0.114. The first kappa shape index (κ1) is 20.0. The lowest BCUT2D eigenvalue weighted by Crippen LogP contribution is -2.40. The summed E-state index contributed by atoms with van der Waals surface area (Å²) in [6.07, 6.45) is 3.16. The van der Waals surface area contributed by atoms with Crippen LogP contribution in [0.2, 0.25) is 5.02 Å². The fourth-order valence-electron chi connectivity index (χ4n) is 4.87. The van der Waals surface area contributed by atoms with E-state index < -0.39 is 5.97 Å². The number of likely N-dealkylation sites (tertiary alicyclic amines) is 1. The van der Waals surface area contributed by atoms with Gasteiger partial charge in [-0.3, -0.25) is 4.79 Å². The van der Waals surface area contributed by atoms with Crippen LogP contribution in [0, 0.1) is 17.8 Å². The van der Waals surface area contributed by atoms with Crippen LogP contribution >= 0.6 is 11.6 Å². The highest BCUT2D eigenvalue weighted by Crippen LogP contribution is 2.52. The van der Waals surface area contributed by atoms with Gasteiger partial charge in [0, 0.05) is 17.6 Å². The molecule has 0 aromatic heterocycles. The molecule has 1 heterocycles. The minimum atomic E-state index is -0.551. The van der Waals surface area contributed by atoms with Crippen molar-refractivity contribution in [1.29, 1.82) is 0 Å². The van der Waals surface area contributed by atoms with Gasteiger partial charge >= 0.3 is 5.97 Å². The number of fused-ring (bicyclic) bond motifs is 2. The number of nitrogens with zero attached hydrogens (tertiary/aromatic N) is 1. The molecule has 0 spiro atoms. The number of carbonyl (C=O) groups is 2. The number of hydrogen-bond acceptors (Lipinski definition) is 4. The topological polar surface area (TPSA) is 55.8 Å². The van der Waals surface area contributed by atoms with Gasteiger partial charge < -0.3 is 14.4 Å². The Bertz CT molecular complexity index is 748. The second-order valence-electron chi connectivity index (χ2n) is 9.10. The second-order valence-corrected chi connectivity index (χ2v) is 9.50. The summed E-state index contributed by atoms with van der Waals surface area (Å²) in [6.45, 7) is 8.93. The molecule has 0 unspecified atom stereocenters. The lowest BCUT2D eigenvalue weighted by molar-refractivity contribution is -0.154. The Morgan fingerprint density at radius 2 is 1.96 bits per heavy atom. The largest absolute Gasteiger partial charge is 0.482 e. The van der Waals surface area contributed by atoms with Gasteiger partial charge in [0.05, 0.1) is 0 Å². The van der Waals surface area contributed by atoms with Crippen LogP contribution < -0.4 is 4.74 Å². The Labute approximate surface area is 166 Å². The summed E-state index contributed by atoms with van der Waals surface area (Å²) in [5, 5.41) is 0.642. The molecule has 1 aromatic rings. The maximum atomic E-state index is 12.6. The average Bonchev–Trinajstić information content (AvgIpc) is 2.82. The van der Waals surface area contributed by atoms with Gasteiger partial charge in [0.2, 0.25) is 0 Å². The molecule has 0 radical (unpaired) electrons. The zero-order valence-corrected chi connectivity index (χ0v) is 17.3. The highest BCUT2D eigenvalue weighted by atomic mass is 35.5. The fourth-order valence-corrected chi connectivity index (χ4v) is 4.99. The van der Waals surface area contributed by atoms with Crippen LogP contribution in [0.15, 0.2) is 18.2 Å². The molecular formula is C21H28ClNO4. The highest BCUT2D eigenvalue weighted by Gasteiger charge is 2.50. The average molecular weight is 394 g/mol. The molecule has 1 saturated heterocycles. The van der Waals surface area contributed by atoms with Crippen molar-refractivity contribution in [3.8, 4) is 5.75 Å². The van der Waals surface area contributed by atoms with E-state index in [4.69, 9.17) is 21.1 Å². The van der Waals surface area contributed by atoms with E-state index in [9.17, 15) is 9.59 Å². The normalized spacial score (nSPS) is 26.0. The number of aryl methyl sites for hydroxylation is 1. The van der Waals surface area contributed by atoms with Crippen molar-refractivity contribution in [2.45, 2.75) is 53.0 Å². The first-order valence-corrected chi connectivity index (χ1v) is 9.79. The van der Waals surface area contributed by atoms with Gasteiger partial charge in [-0.15, -0.1) is 0 Å². The van der Waals surface area contributed by atoms with E-state index in [1.54, 1.807) is 18.2 Å². The lowest BCUT2D eigenvalue weighted by Gasteiger charge is -2.39. The molecule has 1 amide bonds. The Kier molecular flexibility index (Phi) is 5.44. The monoisotopic (exact) mass is 393 g/mol. The van der Waals surface area contributed by atoms with Crippen LogP contribution in [0.4, 0.5) is 0 Å². The van der Waals surface area contributed by atoms with Crippen molar-refractivity contribution < 1.29 is 19.1 Å². The summed E-state index contributed by atoms with van der Waals surface area (Å²) in [4.78, 5) is 26.4. The van der Waals surface area contributed by atoms with Crippen LogP contribution in [0.1, 0.15) is 45.6 Å². The smallest absolute Gasteiger partial charge is 0.344 e. The summed E-state index contributed by atoms with van der Waals surface area (Å²) in [5.74, 6) is -0.120. The van der Waals surface area contributed by atoms with Crippen molar-refractivity contribution in [1.82, 2.24) is 4.90 Å². The van der Waals surface area contributed by atoms with E-state index in [1.165, 1.54) is 0 Å². The maximum Gasteiger partial charge on any atom is 0.344 e.